The quantitative estimate of drug-likeness (QED) is 0.804. The van der Waals surface area contributed by atoms with Gasteiger partial charge < -0.3 is 15.0 Å². The lowest BCUT2D eigenvalue weighted by atomic mass is 10.3. The van der Waals surface area contributed by atoms with Gasteiger partial charge in [0.15, 0.2) is 5.11 Å². The van der Waals surface area contributed by atoms with Gasteiger partial charge >= 0.3 is 0 Å². The summed E-state index contributed by atoms with van der Waals surface area (Å²) >= 11 is 17.3. The number of anilines is 1. The highest BCUT2D eigenvalue weighted by molar-refractivity contribution is 7.80. The number of benzene rings is 1. The average molecular weight is 291 g/mol. The lowest BCUT2D eigenvalue weighted by molar-refractivity contribution is 0.0690. The Hall–Kier alpha value is -0.550. The van der Waals surface area contributed by atoms with Crippen molar-refractivity contribution >= 4 is 46.2 Å². The Morgan fingerprint density at radius 1 is 1.29 bits per heavy atom. The van der Waals surface area contributed by atoms with E-state index in [0.29, 0.717) is 28.4 Å². The van der Waals surface area contributed by atoms with E-state index in [2.05, 4.69) is 10.2 Å². The zero-order valence-corrected chi connectivity index (χ0v) is 11.4. The Labute approximate surface area is 116 Å². The molecular weight excluding hydrogens is 279 g/mol. The van der Waals surface area contributed by atoms with E-state index in [9.17, 15) is 0 Å². The van der Waals surface area contributed by atoms with Crippen molar-refractivity contribution in [3.8, 4) is 0 Å². The maximum atomic E-state index is 6.08. The van der Waals surface area contributed by atoms with Crippen molar-refractivity contribution < 1.29 is 4.74 Å². The van der Waals surface area contributed by atoms with Crippen LogP contribution >= 0.6 is 35.4 Å². The van der Waals surface area contributed by atoms with Gasteiger partial charge in [-0.05, 0) is 24.4 Å². The summed E-state index contributed by atoms with van der Waals surface area (Å²) in [5, 5.41) is 4.76. The second-order valence-corrected chi connectivity index (χ2v) is 4.80. The van der Waals surface area contributed by atoms with Crippen LogP contribution in [-0.2, 0) is 4.74 Å². The molecule has 0 aliphatic carbocycles. The Bertz CT molecular complexity index is 422. The van der Waals surface area contributed by atoms with Crippen molar-refractivity contribution in [2.24, 2.45) is 0 Å². The van der Waals surface area contributed by atoms with Crippen LogP contribution in [0.1, 0.15) is 0 Å². The van der Waals surface area contributed by atoms with Gasteiger partial charge in [0.1, 0.15) is 0 Å². The second kappa shape index (κ2) is 5.87. The molecular formula is C11H12Cl2N2OS. The SMILES string of the molecule is S=C(Nc1cccc(Cl)c1Cl)N1CCOCC1. The van der Waals surface area contributed by atoms with Crippen molar-refractivity contribution in [3.05, 3.63) is 28.2 Å². The summed E-state index contributed by atoms with van der Waals surface area (Å²) in [6.07, 6.45) is 0. The van der Waals surface area contributed by atoms with E-state index >= 15 is 0 Å². The molecule has 1 saturated heterocycles. The minimum atomic E-state index is 0.491. The van der Waals surface area contributed by atoms with Gasteiger partial charge in [-0.15, -0.1) is 0 Å². The molecule has 1 aliphatic rings. The highest BCUT2D eigenvalue weighted by Crippen LogP contribution is 2.29. The third-order valence-corrected chi connectivity index (χ3v) is 3.67. The first-order valence-corrected chi connectivity index (χ1v) is 6.42. The summed E-state index contributed by atoms with van der Waals surface area (Å²) in [4.78, 5) is 2.05. The van der Waals surface area contributed by atoms with E-state index in [-0.39, 0.29) is 0 Å². The molecule has 0 amide bonds. The van der Waals surface area contributed by atoms with Crippen LogP contribution in [0.5, 0.6) is 0 Å². The van der Waals surface area contributed by atoms with Crippen LogP contribution in [0.25, 0.3) is 0 Å². The van der Waals surface area contributed by atoms with E-state index < -0.39 is 0 Å². The number of nitrogens with one attached hydrogen (secondary N) is 1. The molecule has 0 atom stereocenters. The first-order chi connectivity index (χ1) is 8.18. The van der Waals surface area contributed by atoms with Crippen molar-refractivity contribution in [1.29, 1.82) is 0 Å². The summed E-state index contributed by atoms with van der Waals surface area (Å²) in [7, 11) is 0. The van der Waals surface area contributed by atoms with E-state index in [4.69, 9.17) is 40.2 Å². The van der Waals surface area contributed by atoms with Gasteiger partial charge in [-0.3, -0.25) is 0 Å². The molecule has 92 valence electrons. The number of halogens is 2. The molecule has 0 spiro atoms. The third-order valence-electron chi connectivity index (χ3n) is 2.49. The maximum absolute atomic E-state index is 6.08. The van der Waals surface area contributed by atoms with Crippen LogP contribution in [0.4, 0.5) is 5.69 Å². The molecule has 0 radical (unpaired) electrons. The number of hydrogen-bond acceptors (Lipinski definition) is 2. The number of morpholine rings is 1. The van der Waals surface area contributed by atoms with Gasteiger partial charge in [-0.25, -0.2) is 0 Å². The molecule has 2 rings (SSSR count). The van der Waals surface area contributed by atoms with Gasteiger partial charge in [-0.2, -0.15) is 0 Å². The lowest BCUT2D eigenvalue weighted by Crippen LogP contribution is -2.42. The van der Waals surface area contributed by atoms with Crippen molar-refractivity contribution in [2.75, 3.05) is 31.6 Å². The molecule has 1 aliphatic heterocycles. The van der Waals surface area contributed by atoms with Gasteiger partial charge in [-0.1, -0.05) is 29.3 Å². The summed E-state index contributed by atoms with van der Waals surface area (Å²) in [5.41, 5.74) is 0.732. The van der Waals surface area contributed by atoms with Crippen LogP contribution in [-0.4, -0.2) is 36.3 Å². The molecule has 0 aromatic heterocycles. The summed E-state index contributed by atoms with van der Waals surface area (Å²) < 4.78 is 5.27. The molecule has 1 aromatic carbocycles. The highest BCUT2D eigenvalue weighted by atomic mass is 35.5. The van der Waals surface area contributed by atoms with E-state index in [1.54, 1.807) is 6.07 Å². The number of nitrogens with zero attached hydrogens (tertiary/aromatic N) is 1. The minimum absolute atomic E-state index is 0.491. The van der Waals surface area contributed by atoms with Gasteiger partial charge in [0.2, 0.25) is 0 Å². The smallest absolute Gasteiger partial charge is 0.173 e. The van der Waals surface area contributed by atoms with E-state index in [1.165, 1.54) is 0 Å². The summed E-state index contributed by atoms with van der Waals surface area (Å²) in [6, 6.07) is 5.42. The molecule has 1 aromatic rings. The van der Waals surface area contributed by atoms with E-state index in [0.717, 1.165) is 18.8 Å². The fraction of sp³-hybridized carbons (Fsp3) is 0.364. The van der Waals surface area contributed by atoms with Gasteiger partial charge in [0.05, 0.1) is 28.9 Å². The number of thiocarbonyl (C=S) groups is 1. The van der Waals surface area contributed by atoms with Crippen molar-refractivity contribution in [2.45, 2.75) is 0 Å². The Kier molecular flexibility index (Phi) is 4.45. The van der Waals surface area contributed by atoms with E-state index in [1.807, 2.05) is 12.1 Å². The maximum Gasteiger partial charge on any atom is 0.173 e. The normalized spacial score (nSPS) is 15.8. The highest BCUT2D eigenvalue weighted by Gasteiger charge is 2.14. The zero-order chi connectivity index (χ0) is 12.3. The summed E-state index contributed by atoms with van der Waals surface area (Å²) in [6.45, 7) is 2.99. The number of rotatable bonds is 1. The Balaban J connectivity index is 2.04. The van der Waals surface area contributed by atoms with Crippen LogP contribution in [0, 0.1) is 0 Å². The van der Waals surface area contributed by atoms with Crippen LogP contribution in [0.15, 0.2) is 18.2 Å². The Morgan fingerprint density at radius 2 is 2.00 bits per heavy atom. The molecule has 17 heavy (non-hydrogen) atoms. The standard InChI is InChI=1S/C11H12Cl2N2OS/c12-8-2-1-3-9(10(8)13)14-11(17)15-4-6-16-7-5-15/h1-3H,4-7H2,(H,14,17). The molecule has 0 saturated carbocycles. The largest absolute Gasteiger partial charge is 0.378 e. The topological polar surface area (TPSA) is 24.5 Å². The van der Waals surface area contributed by atoms with Crippen LogP contribution < -0.4 is 5.32 Å². The molecule has 1 N–H and O–H groups in total. The Morgan fingerprint density at radius 3 is 2.71 bits per heavy atom. The van der Waals surface area contributed by atoms with Crippen LogP contribution in [0.2, 0.25) is 10.0 Å². The second-order valence-electron chi connectivity index (χ2n) is 3.63. The molecule has 3 nitrogen and oxygen atoms in total. The third kappa shape index (κ3) is 3.22. The zero-order valence-electron chi connectivity index (χ0n) is 9.08. The predicted octanol–water partition coefficient (Wildman–Crippen LogP) is 3.02. The lowest BCUT2D eigenvalue weighted by Gasteiger charge is -2.29. The van der Waals surface area contributed by atoms with Crippen LogP contribution in [0.3, 0.4) is 0 Å². The molecule has 0 unspecified atom stereocenters. The fourth-order valence-electron chi connectivity index (χ4n) is 1.56. The monoisotopic (exact) mass is 290 g/mol. The van der Waals surface area contributed by atoms with Crippen molar-refractivity contribution in [3.63, 3.8) is 0 Å². The molecule has 1 fully saturated rings. The molecule has 1 heterocycles. The average Bonchev–Trinajstić information content (AvgIpc) is 2.36. The predicted molar refractivity (Wildman–Crippen MR) is 75.1 cm³/mol. The first kappa shape index (κ1) is 12.9. The first-order valence-electron chi connectivity index (χ1n) is 5.26. The van der Waals surface area contributed by atoms with Crippen molar-refractivity contribution in [1.82, 2.24) is 4.90 Å². The molecule has 6 heteroatoms. The fourth-order valence-corrected chi connectivity index (χ4v) is 2.20. The minimum Gasteiger partial charge on any atom is -0.378 e. The van der Waals surface area contributed by atoms with Gasteiger partial charge in [0, 0.05) is 13.1 Å². The van der Waals surface area contributed by atoms with Gasteiger partial charge in [0.25, 0.3) is 0 Å². The molecule has 0 bridgehead atoms. The summed E-state index contributed by atoms with van der Waals surface area (Å²) in [5.74, 6) is 0. The number of ether oxygens (including phenoxy) is 1. The number of hydrogen-bond donors (Lipinski definition) is 1.